The van der Waals surface area contributed by atoms with Gasteiger partial charge in [0.2, 0.25) is 5.91 Å². The molecule has 0 aliphatic rings. The number of benzene rings is 1. The maximum atomic E-state index is 11.8. The Balaban J connectivity index is 0.00000484. The van der Waals surface area contributed by atoms with Gasteiger partial charge in [-0.3, -0.25) is 4.79 Å². The molecular weight excluding hydrogens is 305 g/mol. The van der Waals surface area contributed by atoms with Crippen molar-refractivity contribution in [1.82, 2.24) is 5.32 Å². The number of hydrogen-bond acceptors (Lipinski definition) is 4. The molecule has 1 rings (SSSR count). The third-order valence-corrected chi connectivity index (χ3v) is 3.50. The van der Waals surface area contributed by atoms with Crippen LogP contribution in [0.25, 0.3) is 0 Å². The van der Waals surface area contributed by atoms with Gasteiger partial charge in [-0.25, -0.2) is 0 Å². The van der Waals surface area contributed by atoms with Gasteiger partial charge in [0.05, 0.1) is 12.0 Å². The zero-order valence-corrected chi connectivity index (χ0v) is 16.0. The van der Waals surface area contributed by atoms with E-state index in [-0.39, 0.29) is 47.6 Å². The number of phenols is 1. The zero-order chi connectivity index (χ0) is 16.4. The molecular formula is C17H24NNaO4. The Morgan fingerprint density at radius 3 is 2.30 bits per heavy atom. The van der Waals surface area contributed by atoms with Crippen LogP contribution in [0.3, 0.4) is 0 Å². The Kier molecular flexibility index (Phi) is 11.8. The largest absolute Gasteiger partial charge is 1.00 e. The summed E-state index contributed by atoms with van der Waals surface area (Å²) in [6.07, 6.45) is 5.63. The predicted molar refractivity (Wildman–Crippen MR) is 82.1 cm³/mol. The van der Waals surface area contributed by atoms with Gasteiger partial charge in [-0.15, -0.1) is 0 Å². The molecule has 0 saturated carbocycles. The molecule has 0 radical (unpaired) electrons. The van der Waals surface area contributed by atoms with Gasteiger partial charge in [0.25, 0.3) is 0 Å². The van der Waals surface area contributed by atoms with Crippen molar-refractivity contribution in [2.24, 2.45) is 0 Å². The molecule has 0 bridgehead atoms. The average molecular weight is 329 g/mol. The molecule has 122 valence electrons. The minimum atomic E-state index is -1.30. The van der Waals surface area contributed by atoms with Crippen LogP contribution in [0.2, 0.25) is 0 Å². The summed E-state index contributed by atoms with van der Waals surface area (Å²) in [5.41, 5.74) is 0.718. The number of rotatable bonds is 10. The van der Waals surface area contributed by atoms with Crippen molar-refractivity contribution < 1.29 is 49.4 Å². The van der Waals surface area contributed by atoms with E-state index in [1.54, 1.807) is 12.1 Å². The van der Waals surface area contributed by atoms with E-state index in [0.717, 1.165) is 37.7 Å². The third kappa shape index (κ3) is 9.64. The summed E-state index contributed by atoms with van der Waals surface area (Å²) in [6.45, 7) is 2.13. The van der Waals surface area contributed by atoms with Crippen LogP contribution < -0.4 is 40.0 Å². The second-order valence-electron chi connectivity index (χ2n) is 5.47. The van der Waals surface area contributed by atoms with Gasteiger partial charge in [-0.2, -0.15) is 0 Å². The predicted octanol–water partition coefficient (Wildman–Crippen LogP) is -1.47. The SMILES string of the molecule is CCCCCCCC(=O)N[C@@H](Cc1ccc(O)cc1)C(=O)[O-].[Na+]. The second-order valence-corrected chi connectivity index (χ2v) is 5.47. The third-order valence-electron chi connectivity index (χ3n) is 3.50. The Morgan fingerprint density at radius 1 is 1.13 bits per heavy atom. The summed E-state index contributed by atoms with van der Waals surface area (Å²) in [6, 6.07) is 5.17. The van der Waals surface area contributed by atoms with Crippen molar-refractivity contribution in [3.63, 3.8) is 0 Å². The van der Waals surface area contributed by atoms with Gasteiger partial charge in [0.1, 0.15) is 5.75 Å². The molecule has 0 aliphatic heterocycles. The van der Waals surface area contributed by atoms with E-state index in [9.17, 15) is 19.8 Å². The van der Waals surface area contributed by atoms with Crippen molar-refractivity contribution in [2.75, 3.05) is 0 Å². The monoisotopic (exact) mass is 329 g/mol. The number of amides is 1. The van der Waals surface area contributed by atoms with Crippen LogP contribution in [-0.4, -0.2) is 23.0 Å². The number of nitrogens with one attached hydrogen (secondary N) is 1. The molecule has 5 nitrogen and oxygen atoms in total. The number of aromatic hydroxyl groups is 1. The summed E-state index contributed by atoms with van der Waals surface area (Å²) in [4.78, 5) is 22.9. The van der Waals surface area contributed by atoms with E-state index in [1.807, 2.05) is 0 Å². The molecule has 0 saturated heterocycles. The van der Waals surface area contributed by atoms with Crippen LogP contribution in [-0.2, 0) is 16.0 Å². The van der Waals surface area contributed by atoms with Crippen molar-refractivity contribution >= 4 is 11.9 Å². The van der Waals surface area contributed by atoms with E-state index in [4.69, 9.17) is 0 Å². The topological polar surface area (TPSA) is 89.5 Å². The first kappa shape index (κ1) is 22.0. The van der Waals surface area contributed by atoms with Crippen molar-refractivity contribution in [3.05, 3.63) is 29.8 Å². The Morgan fingerprint density at radius 2 is 1.74 bits per heavy atom. The van der Waals surface area contributed by atoms with E-state index in [1.165, 1.54) is 12.1 Å². The van der Waals surface area contributed by atoms with Gasteiger partial charge in [-0.05, 0) is 30.5 Å². The number of phenolic OH excluding ortho intramolecular Hbond substituents is 1. The minimum absolute atomic E-state index is 0. The van der Waals surface area contributed by atoms with Crippen LogP contribution in [0.15, 0.2) is 24.3 Å². The van der Waals surface area contributed by atoms with Gasteiger partial charge in [0, 0.05) is 6.42 Å². The number of aliphatic carboxylic acids is 1. The molecule has 2 N–H and O–H groups in total. The van der Waals surface area contributed by atoms with Crippen molar-refractivity contribution in [3.8, 4) is 5.75 Å². The molecule has 23 heavy (non-hydrogen) atoms. The number of carbonyl (C=O) groups is 2. The minimum Gasteiger partial charge on any atom is -0.548 e. The number of carboxylic acid groups (broad SMARTS) is 1. The van der Waals surface area contributed by atoms with E-state index in [2.05, 4.69) is 12.2 Å². The fraction of sp³-hybridized carbons (Fsp3) is 0.529. The first-order valence-corrected chi connectivity index (χ1v) is 7.81. The standard InChI is InChI=1S/C17H25NO4.Na/c1-2-3-4-5-6-7-16(20)18-15(17(21)22)12-13-8-10-14(19)11-9-13;/h8-11,15,19H,2-7,12H2,1H3,(H,18,20)(H,21,22);/q;+1/p-1/t15-;/m0./s1. The maximum absolute atomic E-state index is 11.8. The Hall–Kier alpha value is -1.04. The van der Waals surface area contributed by atoms with E-state index in [0.29, 0.717) is 6.42 Å². The molecule has 0 spiro atoms. The molecule has 1 aromatic rings. The summed E-state index contributed by atoms with van der Waals surface area (Å²) < 4.78 is 0. The van der Waals surface area contributed by atoms with E-state index < -0.39 is 12.0 Å². The molecule has 0 heterocycles. The van der Waals surface area contributed by atoms with Crippen molar-refractivity contribution in [2.45, 2.75) is 57.9 Å². The quantitative estimate of drug-likeness (QED) is 0.405. The first-order valence-electron chi connectivity index (χ1n) is 7.81. The number of carbonyl (C=O) groups excluding carboxylic acids is 2. The van der Waals surface area contributed by atoms with Crippen LogP contribution >= 0.6 is 0 Å². The Bertz CT molecular complexity index is 476. The summed E-state index contributed by atoms with van der Waals surface area (Å²) in [5, 5.41) is 22.9. The van der Waals surface area contributed by atoms with Gasteiger partial charge in [-0.1, -0.05) is 44.7 Å². The number of hydrogen-bond donors (Lipinski definition) is 2. The molecule has 6 heteroatoms. The molecule has 1 amide bonds. The molecule has 0 fully saturated rings. The van der Waals surface area contributed by atoms with Crippen molar-refractivity contribution in [1.29, 1.82) is 0 Å². The maximum Gasteiger partial charge on any atom is 1.00 e. The van der Waals surface area contributed by atoms with Crippen LogP contribution in [0, 0.1) is 0 Å². The normalized spacial score (nSPS) is 11.3. The molecule has 1 atom stereocenters. The molecule has 0 aromatic heterocycles. The molecule has 1 aromatic carbocycles. The molecule has 0 unspecified atom stereocenters. The fourth-order valence-corrected chi connectivity index (χ4v) is 2.22. The smallest absolute Gasteiger partial charge is 0.548 e. The van der Waals surface area contributed by atoms with Gasteiger partial charge in [0.15, 0.2) is 0 Å². The number of unbranched alkanes of at least 4 members (excludes halogenated alkanes) is 4. The van der Waals surface area contributed by atoms with Crippen LogP contribution in [0.4, 0.5) is 0 Å². The van der Waals surface area contributed by atoms with Crippen LogP contribution in [0.5, 0.6) is 5.75 Å². The summed E-state index contributed by atoms with van der Waals surface area (Å²) >= 11 is 0. The number of carboxylic acids is 1. The second kappa shape index (κ2) is 12.4. The Labute approximate surface area is 159 Å². The van der Waals surface area contributed by atoms with Gasteiger partial charge < -0.3 is 20.3 Å². The summed E-state index contributed by atoms with van der Waals surface area (Å²) in [7, 11) is 0. The van der Waals surface area contributed by atoms with Gasteiger partial charge >= 0.3 is 29.6 Å². The zero-order valence-electron chi connectivity index (χ0n) is 14.0. The molecule has 0 aliphatic carbocycles. The fourth-order valence-electron chi connectivity index (χ4n) is 2.22. The van der Waals surface area contributed by atoms with E-state index >= 15 is 0 Å². The first-order chi connectivity index (χ1) is 10.5. The average Bonchev–Trinajstić information content (AvgIpc) is 2.48. The summed E-state index contributed by atoms with van der Waals surface area (Å²) in [5.74, 6) is -1.44. The van der Waals surface area contributed by atoms with Crippen LogP contribution in [0.1, 0.15) is 51.0 Å².